The van der Waals surface area contributed by atoms with E-state index in [-0.39, 0.29) is 40.1 Å². The lowest BCUT2D eigenvalue weighted by Crippen LogP contribution is -2.30. The number of hydrogen-bond donors (Lipinski definition) is 1. The van der Waals surface area contributed by atoms with E-state index < -0.39 is 69.7 Å². The maximum Gasteiger partial charge on any atom is 0.471 e. The molecule has 3 aromatic heterocycles. The van der Waals surface area contributed by atoms with Crippen LogP contribution in [0.5, 0.6) is 0 Å². The summed E-state index contributed by atoms with van der Waals surface area (Å²) in [7, 11) is 1.34. The fourth-order valence-corrected chi connectivity index (χ4v) is 4.89. The molecule has 0 saturated carbocycles. The molecule has 0 saturated heterocycles. The normalized spacial score (nSPS) is 12.4. The Morgan fingerprint density at radius 2 is 1.61 bits per heavy atom. The molecule has 5 aromatic rings. The van der Waals surface area contributed by atoms with E-state index in [4.69, 9.17) is 0 Å². The molecule has 7 nitrogen and oxygen atoms in total. The van der Waals surface area contributed by atoms with Crippen LogP contribution in [0.15, 0.2) is 36.5 Å². The van der Waals surface area contributed by atoms with E-state index in [1.54, 1.807) is 5.32 Å². The number of halogens is 9. The molecule has 0 bridgehead atoms. The van der Waals surface area contributed by atoms with Crippen LogP contribution in [0.4, 0.5) is 45.2 Å². The summed E-state index contributed by atoms with van der Waals surface area (Å²) in [6.07, 6.45) is -9.51. The van der Waals surface area contributed by atoms with Crippen molar-refractivity contribution < 1.29 is 49.1 Å². The number of alkyl halides is 6. The van der Waals surface area contributed by atoms with Crippen molar-refractivity contribution in [3.63, 3.8) is 0 Å². The van der Waals surface area contributed by atoms with Crippen LogP contribution in [0.3, 0.4) is 0 Å². The molecule has 0 atom stereocenters. The molecule has 230 valence electrons. The third-order valence-electron chi connectivity index (χ3n) is 6.99. The number of pyridine rings is 1. The Balaban J connectivity index is 1.89. The quantitative estimate of drug-likeness (QED) is 0.130. The lowest BCUT2D eigenvalue weighted by molar-refractivity contribution is -0.167. The molecule has 1 amide bonds. The summed E-state index contributed by atoms with van der Waals surface area (Å²) < 4.78 is 128. The number of imidazole rings is 2. The number of hydrogen-bond acceptors (Lipinski definition) is 4. The number of ketones is 1. The van der Waals surface area contributed by atoms with Crippen molar-refractivity contribution >= 4 is 33.9 Å². The summed E-state index contributed by atoms with van der Waals surface area (Å²) in [6, 6.07) is 3.80. The summed E-state index contributed by atoms with van der Waals surface area (Å²) >= 11 is 0. The number of rotatable bonds is 5. The van der Waals surface area contributed by atoms with Crippen molar-refractivity contribution in [1.29, 1.82) is 0 Å². The Morgan fingerprint density at radius 1 is 0.977 bits per heavy atom. The molecule has 44 heavy (non-hydrogen) atoms. The maximum atomic E-state index is 14.7. The van der Waals surface area contributed by atoms with Gasteiger partial charge in [-0.05, 0) is 37.6 Å². The minimum absolute atomic E-state index is 0.0227. The van der Waals surface area contributed by atoms with Gasteiger partial charge in [-0.2, -0.15) is 26.3 Å². The van der Waals surface area contributed by atoms with Crippen molar-refractivity contribution in [2.24, 2.45) is 7.05 Å². The SMILES string of the molecule is CCc1nc(C(=O)c2cc(F)c(F)c(F)c2)n2cccc(-c3c(C(F)(F)F)cc4c(nc(C)n4C)c3NC(=O)C(F)(F)F)c12. The first-order valence-electron chi connectivity index (χ1n) is 12.6. The van der Waals surface area contributed by atoms with Crippen LogP contribution in [0.2, 0.25) is 0 Å². The number of nitrogens with one attached hydrogen (secondary N) is 1. The summed E-state index contributed by atoms with van der Waals surface area (Å²) in [6.45, 7) is 2.92. The van der Waals surface area contributed by atoms with E-state index >= 15 is 0 Å². The van der Waals surface area contributed by atoms with Crippen molar-refractivity contribution in [1.82, 2.24) is 18.9 Å². The molecule has 0 unspecified atom stereocenters. The molecule has 2 aromatic carbocycles. The number of aromatic nitrogens is 4. The second-order valence-corrected chi connectivity index (χ2v) is 9.67. The van der Waals surface area contributed by atoms with Crippen LogP contribution >= 0.6 is 0 Å². The maximum absolute atomic E-state index is 14.7. The average molecular weight is 627 g/mol. The Hall–Kier alpha value is -4.89. The van der Waals surface area contributed by atoms with E-state index in [9.17, 15) is 49.1 Å². The molecule has 16 heteroatoms. The first-order valence-corrected chi connectivity index (χ1v) is 12.6. The molecule has 0 aliphatic rings. The average Bonchev–Trinajstić information content (AvgIpc) is 3.46. The van der Waals surface area contributed by atoms with Crippen molar-refractivity contribution in [3.8, 4) is 11.1 Å². The zero-order valence-corrected chi connectivity index (χ0v) is 22.7. The molecular weight excluding hydrogens is 609 g/mol. The highest BCUT2D eigenvalue weighted by molar-refractivity contribution is 6.11. The molecule has 5 rings (SSSR count). The third-order valence-corrected chi connectivity index (χ3v) is 6.99. The van der Waals surface area contributed by atoms with Crippen molar-refractivity contribution in [3.05, 3.63) is 82.4 Å². The highest BCUT2D eigenvalue weighted by atomic mass is 19.4. The van der Waals surface area contributed by atoms with Gasteiger partial charge in [0.2, 0.25) is 5.78 Å². The number of carbonyl (C=O) groups excluding carboxylic acids is 2. The Kier molecular flexibility index (Phi) is 7.21. The van der Waals surface area contributed by atoms with Crippen molar-refractivity contribution in [2.75, 3.05) is 5.32 Å². The minimum Gasteiger partial charge on any atom is -0.331 e. The molecule has 0 aliphatic carbocycles. The van der Waals surface area contributed by atoms with Gasteiger partial charge in [0.05, 0.1) is 28.0 Å². The second kappa shape index (κ2) is 10.4. The van der Waals surface area contributed by atoms with Crippen LogP contribution in [-0.4, -0.2) is 36.8 Å². The second-order valence-electron chi connectivity index (χ2n) is 9.67. The van der Waals surface area contributed by atoms with Gasteiger partial charge >= 0.3 is 18.3 Å². The Labute approximate surface area is 240 Å². The Bertz CT molecular complexity index is 1980. The molecule has 1 N–H and O–H groups in total. The standard InChI is InChI=1S/C28H18F9N5O2/c1-4-17-23-13(6-5-7-42(23)25(39-17)24(43)12-8-15(29)20(31)16(30)9-12)19-14(27(32,33)34)10-18-21(38-11(2)41(18)3)22(19)40-26(44)28(35,36)37/h5-10H,4H2,1-3H3,(H,40,44). The predicted octanol–water partition coefficient (Wildman–Crippen LogP) is 6.93. The molecule has 3 heterocycles. The number of nitrogens with zero attached hydrogens (tertiary/aromatic N) is 4. The van der Waals surface area contributed by atoms with Gasteiger partial charge in [0.1, 0.15) is 11.3 Å². The molecular formula is C28H18F9N5O2. The molecule has 0 aliphatic heterocycles. The summed E-state index contributed by atoms with van der Waals surface area (Å²) in [5, 5.41) is 1.57. The van der Waals surface area contributed by atoms with Gasteiger partial charge in [-0.15, -0.1) is 0 Å². The van der Waals surface area contributed by atoms with Crippen LogP contribution in [0.1, 0.15) is 40.2 Å². The number of amides is 1. The van der Waals surface area contributed by atoms with E-state index in [2.05, 4.69) is 9.97 Å². The van der Waals surface area contributed by atoms with Gasteiger partial charge in [-0.3, -0.25) is 14.0 Å². The van der Waals surface area contributed by atoms with E-state index in [1.807, 2.05) is 0 Å². The van der Waals surface area contributed by atoms with E-state index in [0.717, 1.165) is 16.5 Å². The predicted molar refractivity (Wildman–Crippen MR) is 138 cm³/mol. The number of benzene rings is 2. The first kappa shape index (κ1) is 30.6. The summed E-state index contributed by atoms with van der Waals surface area (Å²) in [5.74, 6) is -9.29. The third kappa shape index (κ3) is 4.93. The van der Waals surface area contributed by atoms with Gasteiger partial charge in [-0.1, -0.05) is 13.0 Å². The Morgan fingerprint density at radius 3 is 2.18 bits per heavy atom. The minimum atomic E-state index is -5.49. The number of aryl methyl sites for hydroxylation is 3. The highest BCUT2D eigenvalue weighted by Crippen LogP contribution is 2.47. The van der Waals surface area contributed by atoms with Crippen LogP contribution in [0.25, 0.3) is 27.7 Å². The van der Waals surface area contributed by atoms with Gasteiger partial charge in [0.15, 0.2) is 23.3 Å². The highest BCUT2D eigenvalue weighted by Gasteiger charge is 2.42. The fourth-order valence-electron chi connectivity index (χ4n) is 4.89. The van der Waals surface area contributed by atoms with Gasteiger partial charge in [0, 0.05) is 29.9 Å². The summed E-state index contributed by atoms with van der Waals surface area (Å²) in [4.78, 5) is 33.7. The van der Waals surface area contributed by atoms with Gasteiger partial charge in [-0.25, -0.2) is 23.1 Å². The number of carbonyl (C=O) groups is 2. The number of fused-ring (bicyclic) bond motifs is 2. The smallest absolute Gasteiger partial charge is 0.331 e. The van der Waals surface area contributed by atoms with Crippen molar-refractivity contribution in [2.45, 2.75) is 32.6 Å². The zero-order chi connectivity index (χ0) is 32.5. The molecule has 0 spiro atoms. The molecule has 0 fully saturated rings. The largest absolute Gasteiger partial charge is 0.471 e. The number of anilines is 1. The monoisotopic (exact) mass is 627 g/mol. The molecule has 0 radical (unpaired) electrons. The van der Waals surface area contributed by atoms with E-state index in [0.29, 0.717) is 18.2 Å². The van der Waals surface area contributed by atoms with Crippen LogP contribution in [-0.2, 0) is 24.4 Å². The lowest BCUT2D eigenvalue weighted by atomic mass is 9.94. The topological polar surface area (TPSA) is 81.3 Å². The zero-order valence-electron chi connectivity index (χ0n) is 22.7. The van der Waals surface area contributed by atoms with Gasteiger partial charge in [0.25, 0.3) is 0 Å². The van der Waals surface area contributed by atoms with Gasteiger partial charge < -0.3 is 9.88 Å². The summed E-state index contributed by atoms with van der Waals surface area (Å²) in [5.41, 5.74) is -5.08. The first-order chi connectivity index (χ1) is 20.4. The van der Waals surface area contributed by atoms with Crippen LogP contribution < -0.4 is 5.32 Å². The van der Waals surface area contributed by atoms with E-state index in [1.165, 1.54) is 31.7 Å². The fraction of sp³-hybridized carbons (Fsp3) is 0.214. The van der Waals surface area contributed by atoms with Crippen LogP contribution in [0, 0.1) is 24.4 Å². The lowest BCUT2D eigenvalue weighted by Gasteiger charge is -2.20.